The Morgan fingerprint density at radius 2 is 2.24 bits per heavy atom. The molecule has 3 nitrogen and oxygen atoms in total. The monoisotopic (exact) mass is 252 g/mol. The van der Waals surface area contributed by atoms with Gasteiger partial charge >= 0.3 is 0 Å². The fourth-order valence-electron chi connectivity index (χ4n) is 1.78. The largest absolute Gasteiger partial charge is 0.399 e. The predicted octanol–water partition coefficient (Wildman–Crippen LogP) is 2.68. The lowest BCUT2D eigenvalue weighted by Crippen LogP contribution is -2.26. The second-order valence-electron chi connectivity index (χ2n) is 4.75. The number of carbonyl (C=O) groups excluding carboxylic acids is 1. The molecule has 0 aliphatic heterocycles. The van der Waals surface area contributed by atoms with Crippen LogP contribution in [0.4, 0.5) is 5.69 Å². The third-order valence-electron chi connectivity index (χ3n) is 3.06. The molecule has 1 aromatic rings. The number of benzene rings is 1. The lowest BCUT2D eigenvalue weighted by Gasteiger charge is -2.18. The molecule has 1 aromatic carbocycles. The maximum absolute atomic E-state index is 11.8. The highest BCUT2D eigenvalue weighted by Gasteiger charge is 2.26. The highest BCUT2D eigenvalue weighted by atomic mass is 35.5. The third kappa shape index (κ3) is 3.37. The van der Waals surface area contributed by atoms with Crippen LogP contribution in [0.15, 0.2) is 18.2 Å². The van der Waals surface area contributed by atoms with E-state index in [1.165, 1.54) is 12.8 Å². The zero-order valence-corrected chi connectivity index (χ0v) is 10.7. The Bertz CT molecular complexity index is 429. The highest BCUT2D eigenvalue weighted by molar-refractivity contribution is 6.31. The van der Waals surface area contributed by atoms with Gasteiger partial charge in [-0.15, -0.1) is 0 Å². The number of hydrogen-bond acceptors (Lipinski definition) is 2. The van der Waals surface area contributed by atoms with Gasteiger partial charge in [-0.25, -0.2) is 0 Å². The molecule has 2 N–H and O–H groups in total. The van der Waals surface area contributed by atoms with Crippen LogP contribution in [-0.4, -0.2) is 17.9 Å². The molecule has 0 atom stereocenters. The number of nitrogens with zero attached hydrogens (tertiary/aromatic N) is 1. The fourth-order valence-corrected chi connectivity index (χ4v) is 1.96. The molecule has 1 fully saturated rings. The second kappa shape index (κ2) is 4.96. The van der Waals surface area contributed by atoms with Crippen molar-refractivity contribution in [3.63, 3.8) is 0 Å². The first kappa shape index (κ1) is 12.2. The smallest absolute Gasteiger partial charge is 0.222 e. The van der Waals surface area contributed by atoms with Gasteiger partial charge in [-0.2, -0.15) is 0 Å². The standard InChI is InChI=1S/C13H17ClN2O/c1-16(13(17)6-9-2-3-9)8-10-7-11(15)4-5-12(10)14/h4-5,7,9H,2-3,6,8,15H2,1H3. The molecule has 0 unspecified atom stereocenters. The minimum Gasteiger partial charge on any atom is -0.399 e. The van der Waals surface area contributed by atoms with Gasteiger partial charge in [0.1, 0.15) is 0 Å². The Labute approximate surface area is 107 Å². The minimum absolute atomic E-state index is 0.186. The molecule has 1 aliphatic rings. The summed E-state index contributed by atoms with van der Waals surface area (Å²) in [5.41, 5.74) is 7.28. The summed E-state index contributed by atoms with van der Waals surface area (Å²) in [6.07, 6.45) is 3.05. The van der Waals surface area contributed by atoms with Gasteiger partial charge in [0.05, 0.1) is 0 Å². The Morgan fingerprint density at radius 1 is 1.53 bits per heavy atom. The van der Waals surface area contributed by atoms with Crippen LogP contribution in [0.1, 0.15) is 24.8 Å². The van der Waals surface area contributed by atoms with Gasteiger partial charge in [-0.05, 0) is 42.5 Å². The van der Waals surface area contributed by atoms with Crippen LogP contribution in [0.2, 0.25) is 5.02 Å². The molecule has 1 saturated carbocycles. The van der Waals surface area contributed by atoms with Gasteiger partial charge < -0.3 is 10.6 Å². The van der Waals surface area contributed by atoms with Crippen molar-refractivity contribution in [2.24, 2.45) is 5.92 Å². The first-order chi connectivity index (χ1) is 8.06. The molecular weight excluding hydrogens is 236 g/mol. The van der Waals surface area contributed by atoms with E-state index in [1.54, 1.807) is 17.0 Å². The van der Waals surface area contributed by atoms with Gasteiger partial charge in [0.15, 0.2) is 0 Å². The van der Waals surface area contributed by atoms with E-state index in [1.807, 2.05) is 13.1 Å². The lowest BCUT2D eigenvalue weighted by atomic mass is 10.2. The summed E-state index contributed by atoms with van der Waals surface area (Å²) < 4.78 is 0. The summed E-state index contributed by atoms with van der Waals surface area (Å²) in [4.78, 5) is 13.6. The zero-order valence-electron chi connectivity index (χ0n) is 9.95. The summed E-state index contributed by atoms with van der Waals surface area (Å²) in [5, 5.41) is 0.658. The number of anilines is 1. The topological polar surface area (TPSA) is 46.3 Å². The molecule has 4 heteroatoms. The molecule has 0 radical (unpaired) electrons. The molecule has 17 heavy (non-hydrogen) atoms. The van der Waals surface area contributed by atoms with E-state index < -0.39 is 0 Å². The first-order valence-electron chi connectivity index (χ1n) is 5.84. The van der Waals surface area contributed by atoms with Gasteiger partial charge in [-0.1, -0.05) is 11.6 Å². The number of hydrogen-bond donors (Lipinski definition) is 1. The van der Waals surface area contributed by atoms with Crippen LogP contribution in [-0.2, 0) is 11.3 Å². The molecule has 0 saturated heterocycles. The Kier molecular flexibility index (Phi) is 3.57. The summed E-state index contributed by atoms with van der Waals surface area (Å²) in [6, 6.07) is 5.35. The Balaban J connectivity index is 1.98. The van der Waals surface area contributed by atoms with Crippen molar-refractivity contribution < 1.29 is 4.79 Å². The van der Waals surface area contributed by atoms with E-state index in [4.69, 9.17) is 17.3 Å². The maximum atomic E-state index is 11.8. The maximum Gasteiger partial charge on any atom is 0.222 e. The molecule has 0 bridgehead atoms. The lowest BCUT2D eigenvalue weighted by molar-refractivity contribution is -0.130. The quantitative estimate of drug-likeness (QED) is 0.838. The number of amides is 1. The van der Waals surface area contributed by atoms with Gasteiger partial charge in [0.2, 0.25) is 5.91 Å². The normalized spacial score (nSPS) is 14.7. The van der Waals surface area contributed by atoms with Crippen LogP contribution in [0, 0.1) is 5.92 Å². The van der Waals surface area contributed by atoms with E-state index in [2.05, 4.69) is 0 Å². The van der Waals surface area contributed by atoms with Crippen LogP contribution < -0.4 is 5.73 Å². The van der Waals surface area contributed by atoms with Crippen molar-refractivity contribution in [1.29, 1.82) is 0 Å². The van der Waals surface area contributed by atoms with Crippen molar-refractivity contribution >= 4 is 23.2 Å². The molecule has 1 amide bonds. The van der Waals surface area contributed by atoms with Crippen LogP contribution >= 0.6 is 11.6 Å². The fraction of sp³-hybridized carbons (Fsp3) is 0.462. The van der Waals surface area contributed by atoms with Crippen molar-refractivity contribution in [2.45, 2.75) is 25.8 Å². The molecule has 92 valence electrons. The van der Waals surface area contributed by atoms with Gasteiger partial charge in [-0.3, -0.25) is 4.79 Å². The predicted molar refractivity (Wildman–Crippen MR) is 69.7 cm³/mol. The van der Waals surface area contributed by atoms with E-state index in [-0.39, 0.29) is 5.91 Å². The van der Waals surface area contributed by atoms with Gasteiger partial charge in [0, 0.05) is 30.7 Å². The van der Waals surface area contributed by atoms with E-state index in [0.717, 1.165) is 5.56 Å². The number of nitrogen functional groups attached to an aromatic ring is 1. The molecule has 0 spiro atoms. The third-order valence-corrected chi connectivity index (χ3v) is 3.43. The van der Waals surface area contributed by atoms with Crippen LogP contribution in [0.25, 0.3) is 0 Å². The molecule has 0 aromatic heterocycles. The number of rotatable bonds is 4. The van der Waals surface area contributed by atoms with E-state index in [0.29, 0.717) is 29.6 Å². The van der Waals surface area contributed by atoms with Crippen molar-refractivity contribution in [2.75, 3.05) is 12.8 Å². The molecule has 0 heterocycles. The average molecular weight is 253 g/mol. The molecule has 1 aliphatic carbocycles. The van der Waals surface area contributed by atoms with Crippen molar-refractivity contribution in [3.05, 3.63) is 28.8 Å². The number of nitrogens with two attached hydrogens (primary N) is 1. The Hall–Kier alpha value is -1.22. The van der Waals surface area contributed by atoms with Crippen LogP contribution in [0.3, 0.4) is 0 Å². The SMILES string of the molecule is CN(Cc1cc(N)ccc1Cl)C(=O)CC1CC1. The Morgan fingerprint density at radius 3 is 2.88 bits per heavy atom. The minimum atomic E-state index is 0.186. The first-order valence-corrected chi connectivity index (χ1v) is 6.22. The number of carbonyl (C=O) groups is 1. The second-order valence-corrected chi connectivity index (χ2v) is 5.16. The van der Waals surface area contributed by atoms with E-state index >= 15 is 0 Å². The summed E-state index contributed by atoms with van der Waals surface area (Å²) >= 11 is 6.07. The van der Waals surface area contributed by atoms with E-state index in [9.17, 15) is 4.79 Å². The zero-order chi connectivity index (χ0) is 12.4. The van der Waals surface area contributed by atoms with Crippen molar-refractivity contribution in [1.82, 2.24) is 4.90 Å². The summed E-state index contributed by atoms with van der Waals surface area (Å²) in [7, 11) is 1.81. The van der Waals surface area contributed by atoms with Crippen LogP contribution in [0.5, 0.6) is 0 Å². The average Bonchev–Trinajstić information content (AvgIpc) is 3.07. The number of halogens is 1. The molecule has 2 rings (SSSR count). The summed E-state index contributed by atoms with van der Waals surface area (Å²) in [6.45, 7) is 0.523. The highest BCUT2D eigenvalue weighted by Crippen LogP contribution is 2.33. The van der Waals surface area contributed by atoms with Crippen molar-refractivity contribution in [3.8, 4) is 0 Å². The van der Waals surface area contributed by atoms with Gasteiger partial charge in [0.25, 0.3) is 0 Å². The summed E-state index contributed by atoms with van der Waals surface area (Å²) in [5.74, 6) is 0.798. The molecular formula is C13H17ClN2O.